The van der Waals surface area contributed by atoms with Crippen molar-refractivity contribution in [2.24, 2.45) is 0 Å². The monoisotopic (exact) mass is 321 g/mol. The van der Waals surface area contributed by atoms with E-state index in [9.17, 15) is 8.78 Å². The normalized spacial score (nSPS) is 24.4. The van der Waals surface area contributed by atoms with Crippen LogP contribution in [0.15, 0.2) is 24.5 Å². The van der Waals surface area contributed by atoms with Gasteiger partial charge in [-0.25, -0.2) is 8.78 Å². The standard InChI is InChI=1S/C17H21F2N3O/c18-17(19)4-5-21(11-17)15-8-13-10-22(9-12(13)7-14(15)20)16-3-1-2-6-23-16/h7-10,16H,1-6,11,20H2. The summed E-state index contributed by atoms with van der Waals surface area (Å²) < 4.78 is 34.8. The molecule has 0 bridgehead atoms. The number of benzene rings is 1. The van der Waals surface area contributed by atoms with E-state index >= 15 is 0 Å². The summed E-state index contributed by atoms with van der Waals surface area (Å²) in [5.74, 6) is -2.62. The topological polar surface area (TPSA) is 43.4 Å². The molecule has 0 spiro atoms. The van der Waals surface area contributed by atoms with Crippen LogP contribution in [0.1, 0.15) is 31.9 Å². The molecule has 1 aromatic heterocycles. The van der Waals surface area contributed by atoms with Crippen LogP contribution in [0.4, 0.5) is 20.2 Å². The first-order chi connectivity index (χ1) is 11.0. The highest BCUT2D eigenvalue weighted by Gasteiger charge is 2.38. The Morgan fingerprint density at radius 2 is 1.96 bits per heavy atom. The van der Waals surface area contributed by atoms with Crippen molar-refractivity contribution in [3.63, 3.8) is 0 Å². The molecule has 2 saturated heterocycles. The Hall–Kier alpha value is -1.82. The van der Waals surface area contributed by atoms with Gasteiger partial charge in [-0.15, -0.1) is 0 Å². The van der Waals surface area contributed by atoms with Crippen molar-refractivity contribution < 1.29 is 13.5 Å². The van der Waals surface area contributed by atoms with Crippen LogP contribution in [0.25, 0.3) is 10.8 Å². The number of halogens is 2. The van der Waals surface area contributed by atoms with Crippen molar-refractivity contribution in [3.05, 3.63) is 24.5 Å². The van der Waals surface area contributed by atoms with Crippen LogP contribution in [0.3, 0.4) is 0 Å². The molecule has 2 N–H and O–H groups in total. The number of nitrogen functional groups attached to an aromatic ring is 1. The van der Waals surface area contributed by atoms with Gasteiger partial charge in [-0.05, 0) is 31.4 Å². The summed E-state index contributed by atoms with van der Waals surface area (Å²) in [6, 6.07) is 3.80. The lowest BCUT2D eigenvalue weighted by molar-refractivity contribution is -0.0315. The number of aromatic nitrogens is 1. The first-order valence-electron chi connectivity index (χ1n) is 8.17. The lowest BCUT2D eigenvalue weighted by atomic mass is 10.1. The van der Waals surface area contributed by atoms with Crippen LogP contribution in [0, 0.1) is 0 Å². The van der Waals surface area contributed by atoms with E-state index in [1.165, 1.54) is 0 Å². The van der Waals surface area contributed by atoms with E-state index in [-0.39, 0.29) is 19.2 Å². The first kappa shape index (κ1) is 14.8. The zero-order valence-corrected chi connectivity index (χ0v) is 13.0. The SMILES string of the molecule is Nc1cc2cn(C3CCCCO3)cc2cc1N1CCC(F)(F)C1. The lowest BCUT2D eigenvalue weighted by Gasteiger charge is -2.23. The van der Waals surface area contributed by atoms with E-state index in [1.807, 2.05) is 24.5 Å². The van der Waals surface area contributed by atoms with Gasteiger partial charge in [0.05, 0.1) is 17.9 Å². The molecule has 0 saturated carbocycles. The maximum atomic E-state index is 13.5. The third-order valence-electron chi connectivity index (χ3n) is 4.81. The predicted molar refractivity (Wildman–Crippen MR) is 87.0 cm³/mol. The highest BCUT2D eigenvalue weighted by molar-refractivity contribution is 5.91. The molecule has 2 aliphatic rings. The maximum absolute atomic E-state index is 13.5. The highest BCUT2D eigenvalue weighted by atomic mass is 19.3. The summed E-state index contributed by atoms with van der Waals surface area (Å²) in [7, 11) is 0. The Morgan fingerprint density at radius 3 is 2.61 bits per heavy atom. The van der Waals surface area contributed by atoms with E-state index in [4.69, 9.17) is 10.5 Å². The molecule has 124 valence electrons. The number of fused-ring (bicyclic) bond motifs is 1. The van der Waals surface area contributed by atoms with E-state index in [0.29, 0.717) is 17.9 Å². The third kappa shape index (κ3) is 2.76. The zero-order chi connectivity index (χ0) is 16.0. The summed E-state index contributed by atoms with van der Waals surface area (Å²) in [6.45, 7) is 0.875. The van der Waals surface area contributed by atoms with Gasteiger partial charge in [0, 0.05) is 42.7 Å². The minimum Gasteiger partial charge on any atom is -0.397 e. The average molecular weight is 321 g/mol. The molecular weight excluding hydrogens is 300 g/mol. The Kier molecular flexibility index (Phi) is 3.44. The summed E-state index contributed by atoms with van der Waals surface area (Å²) in [6.07, 6.45) is 7.29. The Morgan fingerprint density at radius 1 is 1.17 bits per heavy atom. The minimum absolute atomic E-state index is 0.0666. The van der Waals surface area contributed by atoms with Crippen LogP contribution < -0.4 is 10.6 Å². The quantitative estimate of drug-likeness (QED) is 0.856. The van der Waals surface area contributed by atoms with Crippen molar-refractivity contribution in [2.75, 3.05) is 30.3 Å². The molecule has 4 nitrogen and oxygen atoms in total. The lowest BCUT2D eigenvalue weighted by Crippen LogP contribution is -2.25. The fraction of sp³-hybridized carbons (Fsp3) is 0.529. The molecule has 1 unspecified atom stereocenters. The van der Waals surface area contributed by atoms with Crippen LogP contribution in [-0.2, 0) is 4.74 Å². The summed E-state index contributed by atoms with van der Waals surface area (Å²) >= 11 is 0. The summed E-state index contributed by atoms with van der Waals surface area (Å²) in [5, 5.41) is 2.03. The number of nitrogens with zero attached hydrogens (tertiary/aromatic N) is 2. The molecule has 6 heteroatoms. The van der Waals surface area contributed by atoms with E-state index < -0.39 is 5.92 Å². The number of hydrogen-bond acceptors (Lipinski definition) is 3. The van der Waals surface area contributed by atoms with Gasteiger partial charge < -0.3 is 19.9 Å². The van der Waals surface area contributed by atoms with Gasteiger partial charge in [-0.1, -0.05) is 0 Å². The molecule has 0 radical (unpaired) electrons. The van der Waals surface area contributed by atoms with Crippen molar-refractivity contribution in [3.8, 4) is 0 Å². The number of rotatable bonds is 2. The number of anilines is 2. The Bertz CT molecular complexity index is 722. The molecular formula is C17H21F2N3O. The van der Waals surface area contributed by atoms with Crippen molar-refractivity contribution in [2.45, 2.75) is 37.8 Å². The van der Waals surface area contributed by atoms with Crippen LogP contribution in [-0.4, -0.2) is 30.2 Å². The first-order valence-corrected chi connectivity index (χ1v) is 8.17. The predicted octanol–water partition coefficient (Wildman–Crippen LogP) is 3.77. The van der Waals surface area contributed by atoms with Gasteiger partial charge in [0.15, 0.2) is 0 Å². The fourth-order valence-electron chi connectivity index (χ4n) is 3.56. The van der Waals surface area contributed by atoms with Crippen LogP contribution >= 0.6 is 0 Å². The molecule has 3 heterocycles. The average Bonchev–Trinajstić information content (AvgIpc) is 3.10. The second-order valence-corrected chi connectivity index (χ2v) is 6.59. The molecule has 0 aliphatic carbocycles. The van der Waals surface area contributed by atoms with E-state index in [1.54, 1.807) is 4.90 Å². The number of hydrogen-bond donors (Lipinski definition) is 1. The van der Waals surface area contributed by atoms with Crippen LogP contribution in [0.2, 0.25) is 0 Å². The number of ether oxygens (including phenoxy) is 1. The second kappa shape index (κ2) is 5.37. The van der Waals surface area contributed by atoms with Gasteiger partial charge in [0.25, 0.3) is 5.92 Å². The van der Waals surface area contributed by atoms with E-state index in [0.717, 1.165) is 36.6 Å². The van der Waals surface area contributed by atoms with Crippen LogP contribution in [0.5, 0.6) is 0 Å². The van der Waals surface area contributed by atoms with Gasteiger partial charge in [0.2, 0.25) is 0 Å². The number of alkyl halides is 2. The molecule has 1 aromatic carbocycles. The van der Waals surface area contributed by atoms with E-state index in [2.05, 4.69) is 4.57 Å². The Labute approximate surface area is 133 Å². The third-order valence-corrected chi connectivity index (χ3v) is 4.81. The highest BCUT2D eigenvalue weighted by Crippen LogP contribution is 2.37. The fourth-order valence-corrected chi connectivity index (χ4v) is 3.56. The van der Waals surface area contributed by atoms with Crippen molar-refractivity contribution >= 4 is 22.1 Å². The number of nitrogens with two attached hydrogens (primary N) is 1. The molecule has 0 amide bonds. The van der Waals surface area contributed by atoms with Crippen molar-refractivity contribution in [1.82, 2.24) is 4.57 Å². The minimum atomic E-state index is -2.62. The summed E-state index contributed by atoms with van der Waals surface area (Å²) in [4.78, 5) is 1.68. The molecule has 2 aliphatic heterocycles. The smallest absolute Gasteiger partial charge is 0.266 e. The van der Waals surface area contributed by atoms with Gasteiger partial charge in [0.1, 0.15) is 6.23 Å². The van der Waals surface area contributed by atoms with Crippen molar-refractivity contribution in [1.29, 1.82) is 0 Å². The van der Waals surface area contributed by atoms with Gasteiger partial charge in [-0.2, -0.15) is 0 Å². The Balaban J connectivity index is 1.66. The largest absolute Gasteiger partial charge is 0.397 e. The zero-order valence-electron chi connectivity index (χ0n) is 13.0. The maximum Gasteiger partial charge on any atom is 0.266 e. The molecule has 2 fully saturated rings. The molecule has 2 aromatic rings. The second-order valence-electron chi connectivity index (χ2n) is 6.59. The van der Waals surface area contributed by atoms with Gasteiger partial charge >= 0.3 is 0 Å². The van der Waals surface area contributed by atoms with Gasteiger partial charge in [-0.3, -0.25) is 0 Å². The summed E-state index contributed by atoms with van der Waals surface area (Å²) in [5.41, 5.74) is 7.37. The molecule has 1 atom stereocenters. The molecule has 4 rings (SSSR count). The molecule has 23 heavy (non-hydrogen) atoms.